The Kier molecular flexibility index (Phi) is 4.98. The van der Waals surface area contributed by atoms with E-state index in [1.165, 1.54) is 6.92 Å². The Balaban J connectivity index is 2.50. The molecule has 1 heterocycles. The summed E-state index contributed by atoms with van der Waals surface area (Å²) in [5, 5.41) is 1.32. The van der Waals surface area contributed by atoms with Crippen molar-refractivity contribution in [2.24, 2.45) is 0 Å². The van der Waals surface area contributed by atoms with Gasteiger partial charge in [-0.25, -0.2) is 9.78 Å². The van der Waals surface area contributed by atoms with Crippen LogP contribution in [0.1, 0.15) is 34.0 Å². The van der Waals surface area contributed by atoms with Gasteiger partial charge in [-0.3, -0.25) is 4.79 Å². The van der Waals surface area contributed by atoms with E-state index in [-0.39, 0.29) is 23.0 Å². The molecule has 0 radical (unpaired) electrons. The summed E-state index contributed by atoms with van der Waals surface area (Å²) in [4.78, 5) is 28.0. The molecule has 0 saturated carbocycles. The van der Waals surface area contributed by atoms with Crippen LogP contribution in [0, 0.1) is 0 Å². The molecule has 0 bridgehead atoms. The monoisotopic (exact) mass is 343 g/mol. The lowest BCUT2D eigenvalue weighted by molar-refractivity contribution is 0.0517. The summed E-state index contributed by atoms with van der Waals surface area (Å²) in [6, 6.07) is 5.01. The van der Waals surface area contributed by atoms with Crippen LogP contribution >= 0.6 is 34.5 Å². The average Bonchev–Trinajstić information content (AvgIpc) is 2.87. The van der Waals surface area contributed by atoms with E-state index in [1.54, 1.807) is 25.1 Å². The molecule has 1 aromatic carbocycles. The fourth-order valence-corrected chi connectivity index (χ4v) is 2.89. The van der Waals surface area contributed by atoms with Crippen LogP contribution in [0.3, 0.4) is 0 Å². The molecular formula is C14H11Cl2NO3S. The lowest BCUT2D eigenvalue weighted by Crippen LogP contribution is -2.09. The van der Waals surface area contributed by atoms with Crippen molar-refractivity contribution >= 4 is 46.3 Å². The number of nitrogens with zero attached hydrogens (tertiary/aromatic N) is 1. The first-order valence-electron chi connectivity index (χ1n) is 6.08. The predicted octanol–water partition coefficient (Wildman–Crippen LogP) is 4.50. The van der Waals surface area contributed by atoms with Crippen LogP contribution in [-0.2, 0) is 4.74 Å². The van der Waals surface area contributed by atoms with E-state index in [1.807, 2.05) is 0 Å². The van der Waals surface area contributed by atoms with Crippen LogP contribution in [0.15, 0.2) is 18.2 Å². The molecule has 0 aliphatic heterocycles. The van der Waals surface area contributed by atoms with E-state index >= 15 is 0 Å². The lowest BCUT2D eigenvalue weighted by Gasteiger charge is -1.99. The molecule has 0 spiro atoms. The minimum Gasteiger partial charge on any atom is -0.461 e. The number of ketones is 1. The van der Waals surface area contributed by atoms with Crippen molar-refractivity contribution in [3.63, 3.8) is 0 Å². The molecule has 4 nitrogen and oxygen atoms in total. The number of thiazole rings is 1. The van der Waals surface area contributed by atoms with Crippen molar-refractivity contribution in [1.29, 1.82) is 0 Å². The Bertz CT molecular complexity index is 712. The van der Waals surface area contributed by atoms with Crippen molar-refractivity contribution in [1.82, 2.24) is 4.98 Å². The van der Waals surface area contributed by atoms with Crippen LogP contribution in [0.25, 0.3) is 10.6 Å². The van der Waals surface area contributed by atoms with Crippen LogP contribution in [0.5, 0.6) is 0 Å². The molecule has 7 heteroatoms. The van der Waals surface area contributed by atoms with Gasteiger partial charge in [0.1, 0.15) is 9.88 Å². The van der Waals surface area contributed by atoms with Gasteiger partial charge in [0.2, 0.25) is 0 Å². The second-order valence-electron chi connectivity index (χ2n) is 4.10. The topological polar surface area (TPSA) is 56.3 Å². The summed E-state index contributed by atoms with van der Waals surface area (Å²) < 4.78 is 4.92. The van der Waals surface area contributed by atoms with Gasteiger partial charge in [0.05, 0.1) is 16.7 Å². The molecule has 0 amide bonds. The third-order valence-electron chi connectivity index (χ3n) is 2.58. The van der Waals surface area contributed by atoms with Crippen LogP contribution in [0.2, 0.25) is 10.0 Å². The van der Waals surface area contributed by atoms with Crippen molar-refractivity contribution in [3.8, 4) is 10.6 Å². The van der Waals surface area contributed by atoms with Crippen molar-refractivity contribution in [2.45, 2.75) is 13.8 Å². The average molecular weight is 344 g/mol. The van der Waals surface area contributed by atoms with Gasteiger partial charge in [0.15, 0.2) is 11.5 Å². The Morgan fingerprint density at radius 3 is 2.57 bits per heavy atom. The summed E-state index contributed by atoms with van der Waals surface area (Å²) in [5.74, 6) is -0.841. The van der Waals surface area contributed by atoms with Crippen LogP contribution < -0.4 is 0 Å². The van der Waals surface area contributed by atoms with Gasteiger partial charge >= 0.3 is 5.97 Å². The number of benzene rings is 1. The summed E-state index contributed by atoms with van der Waals surface area (Å²) in [6.45, 7) is 3.29. The molecule has 0 saturated heterocycles. The zero-order valence-corrected chi connectivity index (χ0v) is 13.6. The van der Waals surface area contributed by atoms with E-state index < -0.39 is 5.97 Å². The molecule has 0 aliphatic rings. The molecule has 2 aromatic rings. The first-order valence-corrected chi connectivity index (χ1v) is 7.65. The van der Waals surface area contributed by atoms with Gasteiger partial charge in [-0.15, -0.1) is 11.3 Å². The van der Waals surface area contributed by atoms with Gasteiger partial charge in [0, 0.05) is 12.5 Å². The Hall–Kier alpha value is -1.43. The van der Waals surface area contributed by atoms with E-state index in [4.69, 9.17) is 27.9 Å². The second-order valence-corrected chi connectivity index (χ2v) is 5.92. The number of aromatic nitrogens is 1. The third kappa shape index (κ3) is 3.43. The molecule has 0 unspecified atom stereocenters. The maximum atomic E-state index is 11.9. The van der Waals surface area contributed by atoms with E-state index in [0.29, 0.717) is 20.6 Å². The smallest absolute Gasteiger partial charge is 0.358 e. The highest BCUT2D eigenvalue weighted by Crippen LogP contribution is 2.33. The van der Waals surface area contributed by atoms with Crippen molar-refractivity contribution < 1.29 is 14.3 Å². The number of halogens is 2. The normalized spacial score (nSPS) is 10.5. The molecule has 0 fully saturated rings. The Morgan fingerprint density at radius 2 is 2.00 bits per heavy atom. The molecule has 0 atom stereocenters. The number of ether oxygens (including phenoxy) is 1. The zero-order valence-electron chi connectivity index (χ0n) is 11.3. The molecule has 2 rings (SSSR count). The maximum Gasteiger partial charge on any atom is 0.358 e. The highest BCUT2D eigenvalue weighted by molar-refractivity contribution is 7.17. The lowest BCUT2D eigenvalue weighted by atomic mass is 10.2. The van der Waals surface area contributed by atoms with Gasteiger partial charge in [-0.05, 0) is 19.1 Å². The summed E-state index contributed by atoms with van der Waals surface area (Å²) in [6.07, 6.45) is 0. The molecule has 0 aliphatic carbocycles. The highest BCUT2D eigenvalue weighted by Gasteiger charge is 2.23. The summed E-state index contributed by atoms with van der Waals surface area (Å²) >= 11 is 13.0. The molecular weight excluding hydrogens is 333 g/mol. The molecule has 21 heavy (non-hydrogen) atoms. The zero-order chi connectivity index (χ0) is 15.6. The molecule has 0 N–H and O–H groups in total. The molecule has 1 aromatic heterocycles. The standard InChI is InChI=1S/C14H11Cl2NO3S/c1-3-20-14(19)11-12(7(2)18)21-13(17-11)8-4-5-9(15)10(16)6-8/h4-6H,3H2,1-2H3. The number of hydrogen-bond donors (Lipinski definition) is 0. The first kappa shape index (κ1) is 15.9. The quantitative estimate of drug-likeness (QED) is 0.605. The molecule has 110 valence electrons. The van der Waals surface area contributed by atoms with E-state index in [2.05, 4.69) is 4.98 Å². The largest absolute Gasteiger partial charge is 0.461 e. The summed E-state index contributed by atoms with van der Waals surface area (Å²) in [7, 11) is 0. The van der Waals surface area contributed by atoms with Gasteiger partial charge in [0.25, 0.3) is 0 Å². The Labute approximate surface area is 135 Å². The minimum atomic E-state index is -0.606. The summed E-state index contributed by atoms with van der Waals surface area (Å²) in [5.41, 5.74) is 0.725. The third-order valence-corrected chi connectivity index (χ3v) is 4.53. The maximum absolute atomic E-state index is 11.9. The number of carbonyl (C=O) groups is 2. The van der Waals surface area contributed by atoms with Crippen molar-refractivity contribution in [2.75, 3.05) is 6.61 Å². The first-order chi connectivity index (χ1) is 9.93. The van der Waals surface area contributed by atoms with E-state index in [9.17, 15) is 9.59 Å². The second kappa shape index (κ2) is 6.56. The number of Topliss-reactive ketones (excluding diaryl/α,β-unsaturated/α-hetero) is 1. The number of esters is 1. The van der Waals surface area contributed by atoms with Crippen LogP contribution in [-0.4, -0.2) is 23.3 Å². The minimum absolute atomic E-state index is 0.0374. The van der Waals surface area contributed by atoms with Crippen molar-refractivity contribution in [3.05, 3.63) is 38.8 Å². The number of carbonyl (C=O) groups excluding carboxylic acids is 2. The van der Waals surface area contributed by atoms with Gasteiger partial charge < -0.3 is 4.74 Å². The fraction of sp³-hybridized carbons (Fsp3) is 0.214. The fourth-order valence-electron chi connectivity index (χ4n) is 1.65. The number of hydrogen-bond acceptors (Lipinski definition) is 5. The van der Waals surface area contributed by atoms with Gasteiger partial charge in [-0.1, -0.05) is 29.3 Å². The number of rotatable bonds is 4. The SMILES string of the molecule is CCOC(=O)c1nc(-c2ccc(Cl)c(Cl)c2)sc1C(C)=O. The predicted molar refractivity (Wildman–Crippen MR) is 83.5 cm³/mol. The van der Waals surface area contributed by atoms with Gasteiger partial charge in [-0.2, -0.15) is 0 Å². The Morgan fingerprint density at radius 1 is 1.29 bits per heavy atom. The van der Waals surface area contributed by atoms with Crippen LogP contribution in [0.4, 0.5) is 0 Å². The highest BCUT2D eigenvalue weighted by atomic mass is 35.5. The van der Waals surface area contributed by atoms with E-state index in [0.717, 1.165) is 11.3 Å².